The lowest BCUT2D eigenvalue weighted by Crippen LogP contribution is -2.39. The predicted molar refractivity (Wildman–Crippen MR) is 136 cm³/mol. The Hall–Kier alpha value is -3.86. The maximum Gasteiger partial charge on any atom is 0.330 e. The summed E-state index contributed by atoms with van der Waals surface area (Å²) in [4.78, 5) is 41.0. The van der Waals surface area contributed by atoms with Crippen LogP contribution in [0.2, 0.25) is 0 Å². The predicted octanol–water partition coefficient (Wildman–Crippen LogP) is 2.41. The quantitative estimate of drug-likeness (QED) is 0.464. The molecular weight excluding hydrogens is 470 g/mol. The van der Waals surface area contributed by atoms with Crippen LogP contribution in [0, 0.1) is 0 Å². The molecule has 186 valence electrons. The Morgan fingerprint density at radius 2 is 1.66 bits per heavy atom. The number of unbranched alkanes of at least 4 members (excludes halogenated alkanes) is 1. The van der Waals surface area contributed by atoms with Gasteiger partial charge in [-0.05, 0) is 49.7 Å². The van der Waals surface area contributed by atoms with Crippen molar-refractivity contribution in [3.63, 3.8) is 0 Å². The summed E-state index contributed by atoms with van der Waals surface area (Å²) in [6, 6.07) is 14.2. The van der Waals surface area contributed by atoms with Crippen LogP contribution in [0.25, 0.3) is 0 Å². The van der Waals surface area contributed by atoms with Gasteiger partial charge in [0.25, 0.3) is 21.5 Å². The fourth-order valence-electron chi connectivity index (χ4n) is 3.72. The van der Waals surface area contributed by atoms with Gasteiger partial charge in [-0.2, -0.15) is 0 Å². The molecule has 3 rings (SSSR count). The number of nitrogens with two attached hydrogens (primary N) is 1. The number of H-pyrrole nitrogens is 1. The third-order valence-corrected chi connectivity index (χ3v) is 7.53. The normalized spacial score (nSPS) is 11.3. The molecule has 1 heterocycles. The van der Waals surface area contributed by atoms with Crippen LogP contribution >= 0.6 is 0 Å². The number of nitrogens with one attached hydrogen (secondary N) is 1. The second-order valence-corrected chi connectivity index (χ2v) is 9.75. The maximum atomic E-state index is 13.2. The van der Waals surface area contributed by atoms with E-state index in [0.717, 1.165) is 11.3 Å². The van der Waals surface area contributed by atoms with E-state index >= 15 is 0 Å². The number of nitrogens with zero attached hydrogens (tertiary/aromatic N) is 3. The number of para-hydroxylation sites is 1. The van der Waals surface area contributed by atoms with E-state index in [-0.39, 0.29) is 28.5 Å². The topological polar surface area (TPSA) is 139 Å². The molecule has 0 radical (unpaired) electrons. The lowest BCUT2D eigenvalue weighted by molar-refractivity contribution is 0.0992. The Bertz CT molecular complexity index is 1410. The summed E-state index contributed by atoms with van der Waals surface area (Å²) in [7, 11) is -2.48. The number of sulfonamides is 1. The van der Waals surface area contributed by atoms with Crippen molar-refractivity contribution >= 4 is 33.1 Å². The number of aromatic amines is 1. The fraction of sp³-hybridized carbons (Fsp3) is 0.292. The van der Waals surface area contributed by atoms with E-state index in [2.05, 4.69) is 4.98 Å². The van der Waals surface area contributed by atoms with E-state index in [1.54, 1.807) is 37.3 Å². The summed E-state index contributed by atoms with van der Waals surface area (Å²) >= 11 is 0. The first kappa shape index (κ1) is 25.8. The van der Waals surface area contributed by atoms with Gasteiger partial charge in [0, 0.05) is 25.7 Å². The molecule has 1 amide bonds. The number of amides is 1. The van der Waals surface area contributed by atoms with Crippen molar-refractivity contribution in [2.24, 2.45) is 0 Å². The van der Waals surface area contributed by atoms with Crippen LogP contribution in [-0.4, -0.2) is 37.5 Å². The summed E-state index contributed by atoms with van der Waals surface area (Å²) in [5, 5.41) is 0. The van der Waals surface area contributed by atoms with Crippen molar-refractivity contribution in [1.29, 1.82) is 0 Å². The lowest BCUT2D eigenvalue weighted by atomic mass is 10.2. The lowest BCUT2D eigenvalue weighted by Gasteiger charge is -2.23. The summed E-state index contributed by atoms with van der Waals surface area (Å²) in [6.07, 6.45) is 1.48. The zero-order valence-electron chi connectivity index (χ0n) is 19.9. The number of hydrogen-bond acceptors (Lipinski definition) is 6. The molecule has 3 N–H and O–H groups in total. The molecule has 0 atom stereocenters. The third kappa shape index (κ3) is 5.14. The van der Waals surface area contributed by atoms with Crippen LogP contribution in [0.3, 0.4) is 0 Å². The van der Waals surface area contributed by atoms with Gasteiger partial charge in [-0.1, -0.05) is 31.5 Å². The Morgan fingerprint density at radius 1 is 1.03 bits per heavy atom. The highest BCUT2D eigenvalue weighted by atomic mass is 32.2. The van der Waals surface area contributed by atoms with Crippen molar-refractivity contribution in [3.05, 3.63) is 81.0 Å². The second kappa shape index (κ2) is 10.6. The van der Waals surface area contributed by atoms with Gasteiger partial charge in [0.1, 0.15) is 5.82 Å². The molecule has 0 spiro atoms. The van der Waals surface area contributed by atoms with Crippen LogP contribution in [-0.2, 0) is 16.6 Å². The van der Waals surface area contributed by atoms with Crippen LogP contribution < -0.4 is 26.2 Å². The average molecular weight is 500 g/mol. The zero-order valence-corrected chi connectivity index (χ0v) is 20.7. The van der Waals surface area contributed by atoms with E-state index in [4.69, 9.17) is 5.73 Å². The second-order valence-electron chi connectivity index (χ2n) is 7.89. The SMILES string of the molecule is CCCCn1c(N)c(N(C)C(=O)c2ccc(S(=O)(=O)N(CC)c3ccccc3)cc2)c(=O)[nH]c1=O. The monoisotopic (exact) mass is 499 g/mol. The van der Waals surface area contributed by atoms with Crippen molar-refractivity contribution in [1.82, 2.24) is 9.55 Å². The number of hydrogen-bond donors (Lipinski definition) is 2. The van der Waals surface area contributed by atoms with Gasteiger partial charge in [0.05, 0.1) is 10.6 Å². The molecule has 0 aliphatic carbocycles. The smallest absolute Gasteiger partial charge is 0.330 e. The summed E-state index contributed by atoms with van der Waals surface area (Å²) in [6.45, 7) is 4.21. The summed E-state index contributed by atoms with van der Waals surface area (Å²) < 4.78 is 28.9. The molecule has 1 aromatic heterocycles. The molecule has 3 aromatic rings. The molecule has 0 aliphatic rings. The first-order valence-corrected chi connectivity index (χ1v) is 12.7. The minimum atomic E-state index is -3.86. The first-order valence-electron chi connectivity index (χ1n) is 11.2. The Kier molecular flexibility index (Phi) is 7.80. The molecule has 0 bridgehead atoms. The molecule has 0 aliphatic heterocycles. The molecule has 0 fully saturated rings. The van der Waals surface area contributed by atoms with Gasteiger partial charge in [-0.15, -0.1) is 0 Å². The third-order valence-electron chi connectivity index (χ3n) is 5.61. The van der Waals surface area contributed by atoms with Gasteiger partial charge in [-0.3, -0.25) is 23.4 Å². The summed E-state index contributed by atoms with van der Waals surface area (Å²) in [5.74, 6) is -0.689. The van der Waals surface area contributed by atoms with Gasteiger partial charge >= 0.3 is 5.69 Å². The van der Waals surface area contributed by atoms with E-state index in [9.17, 15) is 22.8 Å². The van der Waals surface area contributed by atoms with E-state index in [1.165, 1.54) is 40.2 Å². The molecule has 0 saturated heterocycles. The highest BCUT2D eigenvalue weighted by molar-refractivity contribution is 7.92. The molecule has 11 heteroatoms. The molecule has 0 unspecified atom stereocenters. The van der Waals surface area contributed by atoms with Crippen molar-refractivity contribution in [3.8, 4) is 0 Å². The number of benzene rings is 2. The van der Waals surface area contributed by atoms with Gasteiger partial charge in [0.2, 0.25) is 0 Å². The van der Waals surface area contributed by atoms with Gasteiger partial charge in [0.15, 0.2) is 5.69 Å². The van der Waals surface area contributed by atoms with E-state index in [1.807, 2.05) is 6.92 Å². The number of carbonyl (C=O) groups is 1. The zero-order chi connectivity index (χ0) is 25.8. The number of carbonyl (C=O) groups excluding carboxylic acids is 1. The van der Waals surface area contributed by atoms with E-state index < -0.39 is 27.2 Å². The standard InChI is InChI=1S/C24H29N5O5S/c1-4-6-16-28-21(25)20(22(30)26-24(28)32)27(3)23(31)17-12-14-19(15-13-17)35(33,34)29(5-2)18-10-8-7-9-11-18/h7-15H,4-6,16,25H2,1-3H3,(H,26,30,32). The minimum Gasteiger partial charge on any atom is -0.383 e. The number of aromatic nitrogens is 2. The Labute approximate surface area is 203 Å². The molecule has 35 heavy (non-hydrogen) atoms. The number of rotatable bonds is 9. The highest BCUT2D eigenvalue weighted by Gasteiger charge is 2.25. The molecular formula is C24H29N5O5S. The first-order chi connectivity index (χ1) is 16.6. The molecule has 2 aromatic carbocycles. The van der Waals surface area contributed by atoms with Gasteiger partial charge in [-0.25, -0.2) is 13.2 Å². The van der Waals surface area contributed by atoms with Crippen molar-refractivity contribution in [2.45, 2.75) is 38.1 Å². The van der Waals surface area contributed by atoms with Crippen LogP contribution in [0.5, 0.6) is 0 Å². The van der Waals surface area contributed by atoms with Crippen LogP contribution in [0.15, 0.2) is 69.1 Å². The average Bonchev–Trinajstić information content (AvgIpc) is 2.84. The highest BCUT2D eigenvalue weighted by Crippen LogP contribution is 2.24. The summed E-state index contributed by atoms with van der Waals surface area (Å²) in [5.41, 5.74) is 5.20. The largest absolute Gasteiger partial charge is 0.383 e. The molecule has 10 nitrogen and oxygen atoms in total. The molecule has 0 saturated carbocycles. The van der Waals surface area contributed by atoms with Crippen LogP contribution in [0.1, 0.15) is 37.0 Å². The van der Waals surface area contributed by atoms with Crippen LogP contribution in [0.4, 0.5) is 17.2 Å². The fourth-order valence-corrected chi connectivity index (χ4v) is 5.19. The Morgan fingerprint density at radius 3 is 2.23 bits per heavy atom. The van der Waals surface area contributed by atoms with Crippen molar-refractivity contribution in [2.75, 3.05) is 28.5 Å². The minimum absolute atomic E-state index is 0.0212. The van der Waals surface area contributed by atoms with E-state index in [0.29, 0.717) is 18.7 Å². The Balaban J connectivity index is 1.92. The number of nitrogen functional groups attached to an aromatic ring is 1. The van der Waals surface area contributed by atoms with Crippen molar-refractivity contribution < 1.29 is 13.2 Å². The number of anilines is 3. The van der Waals surface area contributed by atoms with Gasteiger partial charge < -0.3 is 10.6 Å². The maximum absolute atomic E-state index is 13.2.